The summed E-state index contributed by atoms with van der Waals surface area (Å²) in [6, 6.07) is 0. The second-order valence-electron chi connectivity index (χ2n) is 10.9. The summed E-state index contributed by atoms with van der Waals surface area (Å²) >= 11 is 0. The third-order valence-electron chi connectivity index (χ3n) is 8.32. The van der Waals surface area contributed by atoms with Crippen LogP contribution in [0, 0.1) is 17.8 Å². The molecule has 0 saturated heterocycles. The lowest BCUT2D eigenvalue weighted by molar-refractivity contribution is 0.330. The van der Waals surface area contributed by atoms with Gasteiger partial charge in [0.2, 0.25) is 0 Å². The summed E-state index contributed by atoms with van der Waals surface area (Å²) < 4.78 is 0. The first-order valence-electron chi connectivity index (χ1n) is 13.6. The first-order valence-corrected chi connectivity index (χ1v) is 13.6. The van der Waals surface area contributed by atoms with Crippen molar-refractivity contribution in [3.05, 3.63) is 119 Å². The number of rotatable bonds is 9. The van der Waals surface area contributed by atoms with Crippen LogP contribution < -0.4 is 0 Å². The smallest absolute Gasteiger partial charge is 0.0267 e. The van der Waals surface area contributed by atoms with Gasteiger partial charge in [0.05, 0.1) is 0 Å². The minimum absolute atomic E-state index is 0.340. The minimum Gasteiger partial charge on any atom is -0.0952 e. The molecule has 0 heterocycles. The van der Waals surface area contributed by atoms with Gasteiger partial charge >= 0.3 is 0 Å². The molecule has 5 rings (SSSR count). The minimum atomic E-state index is 0.340. The monoisotopic (exact) mass is 448 g/mol. The van der Waals surface area contributed by atoms with Gasteiger partial charge in [0.1, 0.15) is 0 Å². The van der Waals surface area contributed by atoms with Crippen molar-refractivity contribution in [1.82, 2.24) is 0 Å². The fourth-order valence-corrected chi connectivity index (χ4v) is 6.23. The van der Waals surface area contributed by atoms with Crippen LogP contribution in [0.4, 0.5) is 0 Å². The molecule has 1 fully saturated rings. The zero-order chi connectivity index (χ0) is 23.3. The lowest BCUT2D eigenvalue weighted by Gasteiger charge is -2.24. The van der Waals surface area contributed by atoms with E-state index in [1.165, 1.54) is 96.8 Å². The highest BCUT2D eigenvalue weighted by Gasteiger charge is 2.21. The average Bonchev–Trinajstić information content (AvgIpc) is 3.28. The van der Waals surface area contributed by atoms with E-state index in [-0.39, 0.29) is 0 Å². The number of hydrogen-bond donors (Lipinski definition) is 0. The van der Waals surface area contributed by atoms with Crippen LogP contribution in [0.5, 0.6) is 0 Å². The summed E-state index contributed by atoms with van der Waals surface area (Å²) in [4.78, 5) is 0. The standard InChI is InChI=1S/C34H40/c1-25(32-20-26(2)34-15-9-8-14-31(34)24-32)16-17-29-22-30-19-18-28(21-33(30)23-29)13-7-6-12-27-10-4-3-5-11-27/h8-9,14-15,18-24,27,33-34H,1-7,10-13,16-17H2. The van der Waals surface area contributed by atoms with E-state index in [1.807, 2.05) is 0 Å². The highest BCUT2D eigenvalue weighted by atomic mass is 14.3. The van der Waals surface area contributed by atoms with Gasteiger partial charge in [-0.3, -0.25) is 0 Å². The van der Waals surface area contributed by atoms with E-state index < -0.39 is 0 Å². The van der Waals surface area contributed by atoms with Crippen LogP contribution in [-0.2, 0) is 0 Å². The highest BCUT2D eigenvalue weighted by Crippen LogP contribution is 2.37. The Morgan fingerprint density at radius 2 is 1.68 bits per heavy atom. The lowest BCUT2D eigenvalue weighted by Crippen LogP contribution is -2.09. The quantitative estimate of drug-likeness (QED) is 0.308. The van der Waals surface area contributed by atoms with Gasteiger partial charge in [0.25, 0.3) is 0 Å². The normalized spacial score (nSPS) is 25.8. The van der Waals surface area contributed by atoms with Crippen molar-refractivity contribution < 1.29 is 0 Å². The molecule has 5 aliphatic rings. The molecule has 34 heavy (non-hydrogen) atoms. The molecule has 2 unspecified atom stereocenters. The molecule has 0 aliphatic heterocycles. The van der Waals surface area contributed by atoms with Gasteiger partial charge in [0, 0.05) is 11.8 Å². The summed E-state index contributed by atoms with van der Waals surface area (Å²) in [5.74, 6) is 1.84. The molecule has 0 radical (unpaired) electrons. The van der Waals surface area contributed by atoms with E-state index >= 15 is 0 Å². The van der Waals surface area contributed by atoms with Crippen LogP contribution in [0.2, 0.25) is 0 Å². The van der Waals surface area contributed by atoms with E-state index in [1.54, 1.807) is 0 Å². The SMILES string of the molecule is C=C(CCC1=CC2C=C(CCCCC3CCCCC3)C=CC2=C1)C1=CC(=C)C2C=CC=CC2=C1. The zero-order valence-electron chi connectivity index (χ0n) is 20.8. The Balaban J connectivity index is 1.10. The Hall–Kier alpha value is -2.60. The summed E-state index contributed by atoms with van der Waals surface area (Å²) in [6.07, 6.45) is 40.2. The van der Waals surface area contributed by atoms with E-state index in [9.17, 15) is 0 Å². The molecular formula is C34H40. The second-order valence-corrected chi connectivity index (χ2v) is 10.9. The van der Waals surface area contributed by atoms with Crippen LogP contribution in [0.1, 0.15) is 70.6 Å². The Morgan fingerprint density at radius 3 is 2.56 bits per heavy atom. The fraction of sp³-hybridized carbons (Fsp3) is 0.412. The number of unbranched alkanes of at least 4 members (excludes halogenated alkanes) is 1. The second kappa shape index (κ2) is 10.8. The molecule has 0 nitrogen and oxygen atoms in total. The van der Waals surface area contributed by atoms with Gasteiger partial charge in [0.15, 0.2) is 0 Å². The Labute approximate surface area is 207 Å². The van der Waals surface area contributed by atoms with E-state index in [0.717, 1.165) is 18.8 Å². The molecule has 0 amide bonds. The van der Waals surface area contributed by atoms with Crippen molar-refractivity contribution in [3.63, 3.8) is 0 Å². The van der Waals surface area contributed by atoms with Crippen molar-refractivity contribution >= 4 is 0 Å². The molecule has 0 aromatic carbocycles. The Kier molecular flexibility index (Phi) is 7.33. The van der Waals surface area contributed by atoms with E-state index in [0.29, 0.717) is 11.8 Å². The maximum absolute atomic E-state index is 4.42. The Bertz CT molecular complexity index is 1070. The van der Waals surface area contributed by atoms with Gasteiger partial charge in [-0.1, -0.05) is 136 Å². The first-order chi connectivity index (χ1) is 16.7. The maximum Gasteiger partial charge on any atom is 0.0267 e. The summed E-state index contributed by atoms with van der Waals surface area (Å²) in [5, 5.41) is 0. The van der Waals surface area contributed by atoms with Crippen molar-refractivity contribution in [1.29, 1.82) is 0 Å². The summed E-state index contributed by atoms with van der Waals surface area (Å²) in [5.41, 5.74) is 9.42. The average molecular weight is 449 g/mol. The first kappa shape index (κ1) is 23.2. The van der Waals surface area contributed by atoms with E-state index in [4.69, 9.17) is 0 Å². The molecule has 0 aromatic heterocycles. The Morgan fingerprint density at radius 1 is 0.824 bits per heavy atom. The van der Waals surface area contributed by atoms with Gasteiger partial charge < -0.3 is 0 Å². The molecule has 1 saturated carbocycles. The molecule has 0 aromatic rings. The fourth-order valence-electron chi connectivity index (χ4n) is 6.23. The van der Waals surface area contributed by atoms with Gasteiger partial charge in [-0.15, -0.1) is 0 Å². The molecule has 2 atom stereocenters. The summed E-state index contributed by atoms with van der Waals surface area (Å²) in [6.45, 7) is 8.72. The molecule has 0 bridgehead atoms. The molecule has 0 N–H and O–H groups in total. The van der Waals surface area contributed by atoms with Crippen molar-refractivity contribution in [2.45, 2.75) is 70.6 Å². The summed E-state index contributed by atoms with van der Waals surface area (Å²) in [7, 11) is 0. The van der Waals surface area contributed by atoms with Crippen LogP contribution >= 0.6 is 0 Å². The number of hydrogen-bond acceptors (Lipinski definition) is 0. The maximum atomic E-state index is 4.42. The lowest BCUT2D eigenvalue weighted by atomic mass is 9.80. The third kappa shape index (κ3) is 5.54. The molecule has 0 spiro atoms. The predicted molar refractivity (Wildman–Crippen MR) is 147 cm³/mol. The number of allylic oxidation sites excluding steroid dienone is 18. The molecule has 5 aliphatic carbocycles. The zero-order valence-corrected chi connectivity index (χ0v) is 20.8. The molecule has 176 valence electrons. The van der Waals surface area contributed by atoms with Gasteiger partial charge in [-0.05, 0) is 59.5 Å². The van der Waals surface area contributed by atoms with Crippen LogP contribution in [0.25, 0.3) is 0 Å². The van der Waals surface area contributed by atoms with Crippen LogP contribution in [-0.4, -0.2) is 0 Å². The van der Waals surface area contributed by atoms with Crippen molar-refractivity contribution in [2.75, 3.05) is 0 Å². The highest BCUT2D eigenvalue weighted by molar-refractivity contribution is 5.56. The molecular weight excluding hydrogens is 408 g/mol. The topological polar surface area (TPSA) is 0 Å². The van der Waals surface area contributed by atoms with Gasteiger partial charge in [-0.25, -0.2) is 0 Å². The van der Waals surface area contributed by atoms with Crippen molar-refractivity contribution in [2.24, 2.45) is 17.8 Å². The largest absolute Gasteiger partial charge is 0.0952 e. The molecule has 0 heteroatoms. The van der Waals surface area contributed by atoms with Gasteiger partial charge in [-0.2, -0.15) is 0 Å². The third-order valence-corrected chi connectivity index (χ3v) is 8.32. The van der Waals surface area contributed by atoms with E-state index in [2.05, 4.69) is 80.0 Å². The van der Waals surface area contributed by atoms with Crippen LogP contribution in [0.15, 0.2) is 119 Å². The number of fused-ring (bicyclic) bond motifs is 2. The van der Waals surface area contributed by atoms with Crippen LogP contribution in [0.3, 0.4) is 0 Å². The van der Waals surface area contributed by atoms with Crippen molar-refractivity contribution in [3.8, 4) is 0 Å². The predicted octanol–water partition coefficient (Wildman–Crippen LogP) is 9.61.